The second-order valence-corrected chi connectivity index (χ2v) is 13.5. The maximum absolute atomic E-state index is 13.0. The smallest absolute Gasteiger partial charge is 0.371 e. The van der Waals surface area contributed by atoms with E-state index in [4.69, 9.17) is 8.37 Å². The molecule has 0 radical (unpaired) electrons. The molecule has 0 aliphatic carbocycles. The number of benzene rings is 2. The molecule has 2 rings (SSSR count). The molecule has 2 aromatic carbocycles. The average Bonchev–Trinajstić information content (AvgIpc) is 2.58. The Balaban J connectivity index is 2.39. The zero-order valence-electron chi connectivity index (χ0n) is 22.1. The molecule has 178 valence electrons. The SMILES string of the molecule is CC(C)(C)c1ccc(OS(=O)Oc2ccc(C(C)(C)C)cc2C(C)(C)C)c(C(C)(C)C)c1. The Labute approximate surface area is 198 Å². The van der Waals surface area contributed by atoms with Crippen LogP contribution >= 0.6 is 0 Å². The third-order valence-corrected chi connectivity index (χ3v) is 6.25. The lowest BCUT2D eigenvalue weighted by atomic mass is 9.80. The van der Waals surface area contributed by atoms with Gasteiger partial charge in [0, 0.05) is 11.1 Å². The highest BCUT2D eigenvalue weighted by atomic mass is 32.2. The van der Waals surface area contributed by atoms with Gasteiger partial charge in [-0.05, 0) is 44.9 Å². The monoisotopic (exact) mass is 458 g/mol. The zero-order valence-corrected chi connectivity index (χ0v) is 22.9. The van der Waals surface area contributed by atoms with E-state index in [1.807, 2.05) is 24.3 Å². The Morgan fingerprint density at radius 2 is 0.844 bits per heavy atom. The largest absolute Gasteiger partial charge is 0.417 e. The Hall–Kier alpha value is -1.81. The lowest BCUT2D eigenvalue weighted by Crippen LogP contribution is -2.20. The third kappa shape index (κ3) is 6.60. The summed E-state index contributed by atoms with van der Waals surface area (Å²) in [5, 5.41) is 0. The fraction of sp³-hybridized carbons (Fsp3) is 0.571. The molecule has 0 aliphatic rings. The fourth-order valence-corrected chi connectivity index (χ4v) is 4.09. The topological polar surface area (TPSA) is 35.5 Å². The van der Waals surface area contributed by atoms with Gasteiger partial charge in [-0.15, -0.1) is 0 Å². The van der Waals surface area contributed by atoms with Gasteiger partial charge in [0.25, 0.3) is 0 Å². The van der Waals surface area contributed by atoms with E-state index < -0.39 is 11.4 Å². The highest BCUT2D eigenvalue weighted by molar-refractivity contribution is 7.75. The highest BCUT2D eigenvalue weighted by Crippen LogP contribution is 2.38. The molecule has 4 heteroatoms. The summed E-state index contributed by atoms with van der Waals surface area (Å²) in [5.41, 5.74) is 4.18. The zero-order chi connectivity index (χ0) is 24.7. The van der Waals surface area contributed by atoms with Crippen LogP contribution in [0.4, 0.5) is 0 Å². The molecule has 0 heterocycles. The van der Waals surface area contributed by atoms with Crippen LogP contribution in [0.3, 0.4) is 0 Å². The molecule has 0 spiro atoms. The first-order valence-corrected chi connectivity index (χ1v) is 12.4. The molecule has 3 nitrogen and oxygen atoms in total. The molecule has 0 fully saturated rings. The number of rotatable bonds is 4. The van der Waals surface area contributed by atoms with Gasteiger partial charge in [-0.3, -0.25) is 0 Å². The fourth-order valence-electron chi connectivity index (χ4n) is 3.47. The van der Waals surface area contributed by atoms with Crippen LogP contribution in [0.5, 0.6) is 11.5 Å². The van der Waals surface area contributed by atoms with Crippen molar-refractivity contribution < 1.29 is 12.6 Å². The summed E-state index contributed by atoms with van der Waals surface area (Å²) in [6.07, 6.45) is 0. The normalized spacial score (nSPS) is 13.4. The van der Waals surface area contributed by atoms with Crippen molar-refractivity contribution in [3.05, 3.63) is 58.7 Å². The van der Waals surface area contributed by atoms with Crippen LogP contribution in [-0.4, -0.2) is 4.21 Å². The average molecular weight is 459 g/mol. The summed E-state index contributed by atoms with van der Waals surface area (Å²) >= 11 is -1.97. The Bertz CT molecular complexity index is 898. The molecular formula is C28H42O3S. The predicted octanol–water partition coefficient (Wildman–Crippen LogP) is 7.91. The van der Waals surface area contributed by atoms with Gasteiger partial charge in [-0.1, -0.05) is 107 Å². The van der Waals surface area contributed by atoms with Crippen molar-refractivity contribution in [1.29, 1.82) is 0 Å². The molecular weight excluding hydrogens is 416 g/mol. The van der Waals surface area contributed by atoms with Gasteiger partial charge in [-0.25, -0.2) is 0 Å². The third-order valence-electron chi connectivity index (χ3n) is 5.62. The summed E-state index contributed by atoms with van der Waals surface area (Å²) in [6, 6.07) is 12.2. The molecule has 0 amide bonds. The summed E-state index contributed by atoms with van der Waals surface area (Å²) < 4.78 is 24.7. The van der Waals surface area contributed by atoms with Crippen LogP contribution in [0.1, 0.15) is 105 Å². The van der Waals surface area contributed by atoms with Crippen LogP contribution in [0.25, 0.3) is 0 Å². The molecule has 0 saturated heterocycles. The number of hydrogen-bond acceptors (Lipinski definition) is 3. The van der Waals surface area contributed by atoms with E-state index in [0.717, 1.165) is 11.1 Å². The van der Waals surface area contributed by atoms with Crippen LogP contribution in [-0.2, 0) is 33.0 Å². The lowest BCUT2D eigenvalue weighted by Gasteiger charge is -2.27. The van der Waals surface area contributed by atoms with Crippen molar-refractivity contribution in [2.24, 2.45) is 0 Å². The minimum Gasteiger partial charge on any atom is -0.371 e. The van der Waals surface area contributed by atoms with Crippen LogP contribution in [0.2, 0.25) is 0 Å². The van der Waals surface area contributed by atoms with E-state index in [1.165, 1.54) is 11.1 Å². The maximum atomic E-state index is 13.0. The van der Waals surface area contributed by atoms with Gasteiger partial charge < -0.3 is 8.37 Å². The predicted molar refractivity (Wildman–Crippen MR) is 137 cm³/mol. The van der Waals surface area contributed by atoms with Crippen molar-refractivity contribution in [2.75, 3.05) is 0 Å². The summed E-state index contributed by atoms with van der Waals surface area (Å²) in [7, 11) is 0. The van der Waals surface area contributed by atoms with E-state index in [1.54, 1.807) is 0 Å². The molecule has 0 atom stereocenters. The molecule has 0 bridgehead atoms. The molecule has 0 aliphatic heterocycles. The Morgan fingerprint density at radius 1 is 0.531 bits per heavy atom. The van der Waals surface area contributed by atoms with Crippen LogP contribution < -0.4 is 8.37 Å². The van der Waals surface area contributed by atoms with Gasteiger partial charge in [-0.2, -0.15) is 4.21 Å². The van der Waals surface area contributed by atoms with Crippen molar-refractivity contribution >= 4 is 11.4 Å². The minimum absolute atomic E-state index is 0.0184. The first kappa shape index (κ1) is 26.4. The van der Waals surface area contributed by atoms with E-state index >= 15 is 0 Å². The van der Waals surface area contributed by atoms with E-state index in [-0.39, 0.29) is 21.7 Å². The molecule has 2 aromatic rings. The summed E-state index contributed by atoms with van der Waals surface area (Å²) in [5.74, 6) is 1.18. The van der Waals surface area contributed by atoms with Gasteiger partial charge in [0.1, 0.15) is 11.5 Å². The van der Waals surface area contributed by atoms with Gasteiger partial charge in [0.2, 0.25) is 0 Å². The van der Waals surface area contributed by atoms with Gasteiger partial charge in [0.15, 0.2) is 0 Å². The van der Waals surface area contributed by atoms with Crippen molar-refractivity contribution in [3.63, 3.8) is 0 Å². The molecule has 0 saturated carbocycles. The van der Waals surface area contributed by atoms with E-state index in [0.29, 0.717) is 11.5 Å². The second kappa shape index (κ2) is 8.85. The Morgan fingerprint density at radius 3 is 1.09 bits per heavy atom. The minimum atomic E-state index is -1.97. The second-order valence-electron chi connectivity index (χ2n) is 12.8. The van der Waals surface area contributed by atoms with Gasteiger partial charge >= 0.3 is 11.4 Å². The Kier molecular flexibility index (Phi) is 7.31. The standard InChI is InChI=1S/C28H42O3S/c1-25(2,3)19-13-15-23(21(17-19)27(7,8)9)30-32(29)31-24-16-14-20(26(4,5)6)18-22(24)28(10,11)12/h13-18H,1-12H3. The lowest BCUT2D eigenvalue weighted by molar-refractivity contribution is 0.440. The first-order chi connectivity index (χ1) is 14.3. The van der Waals surface area contributed by atoms with E-state index in [2.05, 4.69) is 95.2 Å². The van der Waals surface area contributed by atoms with E-state index in [9.17, 15) is 4.21 Å². The molecule has 32 heavy (non-hydrogen) atoms. The summed E-state index contributed by atoms with van der Waals surface area (Å²) in [4.78, 5) is 0. The van der Waals surface area contributed by atoms with Crippen molar-refractivity contribution in [2.45, 2.75) is 105 Å². The van der Waals surface area contributed by atoms with Crippen LogP contribution in [0.15, 0.2) is 36.4 Å². The number of hydrogen-bond donors (Lipinski definition) is 0. The molecule has 0 N–H and O–H groups in total. The van der Waals surface area contributed by atoms with Crippen molar-refractivity contribution in [3.8, 4) is 11.5 Å². The maximum Gasteiger partial charge on any atom is 0.417 e. The first-order valence-electron chi connectivity index (χ1n) is 11.4. The van der Waals surface area contributed by atoms with Gasteiger partial charge in [0.05, 0.1) is 0 Å². The molecule has 0 aromatic heterocycles. The highest BCUT2D eigenvalue weighted by Gasteiger charge is 2.27. The van der Waals surface area contributed by atoms with Crippen molar-refractivity contribution in [1.82, 2.24) is 0 Å². The summed E-state index contributed by atoms with van der Waals surface area (Å²) in [6.45, 7) is 25.9. The van der Waals surface area contributed by atoms with Crippen LogP contribution in [0, 0.1) is 0 Å². The molecule has 0 unspecified atom stereocenters. The quantitative estimate of drug-likeness (QED) is 0.467.